The molecule has 25 heavy (non-hydrogen) atoms. The van der Waals surface area contributed by atoms with Gasteiger partial charge in [-0.3, -0.25) is 4.79 Å². The molecule has 1 amide bonds. The summed E-state index contributed by atoms with van der Waals surface area (Å²) in [4.78, 5) is 14.7. The molecule has 2 aromatic carbocycles. The van der Waals surface area contributed by atoms with Crippen LogP contribution in [-0.4, -0.2) is 38.7 Å². The topological polar surface area (TPSA) is 48.0 Å². The Bertz CT molecular complexity index is 700. The van der Waals surface area contributed by atoms with Crippen LogP contribution in [0.15, 0.2) is 36.4 Å². The van der Waals surface area contributed by atoms with Gasteiger partial charge in [-0.25, -0.2) is 0 Å². The third kappa shape index (κ3) is 4.24. The fourth-order valence-corrected chi connectivity index (χ4v) is 2.67. The normalized spacial score (nSPS) is 10.3. The van der Waals surface area contributed by atoms with E-state index in [1.54, 1.807) is 38.4 Å². The fraction of sp³-hybridized carbons (Fsp3) is 0.350. The molecule has 0 fully saturated rings. The first-order valence-corrected chi connectivity index (χ1v) is 8.18. The van der Waals surface area contributed by atoms with Crippen LogP contribution in [0.25, 0.3) is 0 Å². The first-order valence-electron chi connectivity index (χ1n) is 8.18. The highest BCUT2D eigenvalue weighted by Gasteiger charge is 2.18. The fourth-order valence-electron chi connectivity index (χ4n) is 2.67. The molecule has 0 spiro atoms. The summed E-state index contributed by atoms with van der Waals surface area (Å²) in [6, 6.07) is 11.2. The standard InChI is InChI=1S/C20H25NO4/c1-6-21(13-15-7-9-17(23-3)10-8-15)20(22)16-11-18(24-4)14(2)19(12-16)25-5/h7-12H,6,13H2,1-5H3. The zero-order valence-electron chi connectivity index (χ0n) is 15.5. The Hall–Kier alpha value is -2.69. The summed E-state index contributed by atoms with van der Waals surface area (Å²) in [6.45, 7) is 4.99. The Kier molecular flexibility index (Phi) is 6.28. The van der Waals surface area contributed by atoms with Crippen LogP contribution in [0, 0.1) is 6.92 Å². The maximum atomic E-state index is 12.9. The predicted molar refractivity (Wildman–Crippen MR) is 97.7 cm³/mol. The molecule has 5 nitrogen and oxygen atoms in total. The molecule has 0 saturated heterocycles. The van der Waals surface area contributed by atoms with Gasteiger partial charge in [-0.2, -0.15) is 0 Å². The molecule has 0 heterocycles. The summed E-state index contributed by atoms with van der Waals surface area (Å²) < 4.78 is 15.9. The molecule has 0 bridgehead atoms. The van der Waals surface area contributed by atoms with Gasteiger partial charge in [0.1, 0.15) is 17.2 Å². The molecule has 2 aromatic rings. The number of carbonyl (C=O) groups excluding carboxylic acids is 1. The molecule has 0 unspecified atom stereocenters. The van der Waals surface area contributed by atoms with Gasteiger partial charge in [0.2, 0.25) is 0 Å². The van der Waals surface area contributed by atoms with Crippen molar-refractivity contribution in [2.75, 3.05) is 27.9 Å². The maximum Gasteiger partial charge on any atom is 0.254 e. The number of hydrogen-bond donors (Lipinski definition) is 0. The second-order valence-electron chi connectivity index (χ2n) is 5.67. The van der Waals surface area contributed by atoms with Gasteiger partial charge in [0.25, 0.3) is 5.91 Å². The maximum absolute atomic E-state index is 12.9. The van der Waals surface area contributed by atoms with E-state index in [-0.39, 0.29) is 5.91 Å². The van der Waals surface area contributed by atoms with Gasteiger partial charge in [-0.15, -0.1) is 0 Å². The van der Waals surface area contributed by atoms with Gasteiger partial charge in [0.15, 0.2) is 0 Å². The summed E-state index contributed by atoms with van der Waals surface area (Å²) in [5.41, 5.74) is 2.47. The molecule has 0 radical (unpaired) electrons. The van der Waals surface area contributed by atoms with Crippen molar-refractivity contribution in [1.82, 2.24) is 4.90 Å². The van der Waals surface area contributed by atoms with Crippen molar-refractivity contribution in [1.29, 1.82) is 0 Å². The molecule has 0 aliphatic heterocycles. The van der Waals surface area contributed by atoms with Crippen molar-refractivity contribution in [2.45, 2.75) is 20.4 Å². The molecule has 5 heteroatoms. The molecule has 0 N–H and O–H groups in total. The highest BCUT2D eigenvalue weighted by atomic mass is 16.5. The third-order valence-electron chi connectivity index (χ3n) is 4.20. The number of methoxy groups -OCH3 is 3. The van der Waals surface area contributed by atoms with Gasteiger partial charge in [0.05, 0.1) is 21.3 Å². The van der Waals surface area contributed by atoms with E-state index in [1.807, 2.05) is 38.1 Å². The van der Waals surface area contributed by atoms with Gasteiger partial charge in [-0.1, -0.05) is 12.1 Å². The van der Waals surface area contributed by atoms with Gasteiger partial charge < -0.3 is 19.1 Å². The van der Waals surface area contributed by atoms with Crippen LogP contribution in [0.3, 0.4) is 0 Å². The predicted octanol–water partition coefficient (Wildman–Crippen LogP) is 3.68. The summed E-state index contributed by atoms with van der Waals surface area (Å²) in [6.07, 6.45) is 0. The van der Waals surface area contributed by atoms with E-state index in [2.05, 4.69) is 0 Å². The highest BCUT2D eigenvalue weighted by Crippen LogP contribution is 2.30. The van der Waals surface area contributed by atoms with Crippen LogP contribution in [0.4, 0.5) is 0 Å². The quantitative estimate of drug-likeness (QED) is 0.769. The number of benzene rings is 2. The Balaban J connectivity index is 2.26. The number of rotatable bonds is 7. The second-order valence-corrected chi connectivity index (χ2v) is 5.67. The van der Waals surface area contributed by atoms with Crippen LogP contribution in [0.2, 0.25) is 0 Å². The minimum Gasteiger partial charge on any atom is -0.497 e. The van der Waals surface area contributed by atoms with E-state index < -0.39 is 0 Å². The Morgan fingerprint density at radius 2 is 1.52 bits per heavy atom. The summed E-state index contributed by atoms with van der Waals surface area (Å²) in [7, 11) is 4.81. The first kappa shape index (κ1) is 18.6. The van der Waals surface area contributed by atoms with Gasteiger partial charge >= 0.3 is 0 Å². The minimum absolute atomic E-state index is 0.0603. The molecule has 0 aromatic heterocycles. The third-order valence-corrected chi connectivity index (χ3v) is 4.20. The lowest BCUT2D eigenvalue weighted by Gasteiger charge is -2.22. The SMILES string of the molecule is CCN(Cc1ccc(OC)cc1)C(=O)c1cc(OC)c(C)c(OC)c1. The number of nitrogens with zero attached hydrogens (tertiary/aromatic N) is 1. The lowest BCUT2D eigenvalue weighted by Crippen LogP contribution is -2.30. The van der Waals surface area contributed by atoms with Crippen molar-refractivity contribution in [3.8, 4) is 17.2 Å². The van der Waals surface area contributed by atoms with Crippen LogP contribution < -0.4 is 14.2 Å². The molecule has 0 atom stereocenters. The van der Waals surface area contributed by atoms with Crippen molar-refractivity contribution >= 4 is 5.91 Å². The summed E-state index contributed by atoms with van der Waals surface area (Å²) in [5.74, 6) is 2.02. The zero-order chi connectivity index (χ0) is 18.4. The second kappa shape index (κ2) is 8.42. The number of carbonyl (C=O) groups is 1. The van der Waals surface area contributed by atoms with Crippen molar-refractivity contribution in [3.63, 3.8) is 0 Å². The average Bonchev–Trinajstić information content (AvgIpc) is 2.66. The first-order chi connectivity index (χ1) is 12.0. The average molecular weight is 343 g/mol. The van der Waals surface area contributed by atoms with Crippen molar-refractivity contribution in [3.05, 3.63) is 53.1 Å². The van der Waals surface area contributed by atoms with E-state index in [0.29, 0.717) is 30.2 Å². The number of hydrogen-bond acceptors (Lipinski definition) is 4. The molecular formula is C20H25NO4. The minimum atomic E-state index is -0.0603. The largest absolute Gasteiger partial charge is 0.497 e. The zero-order valence-corrected chi connectivity index (χ0v) is 15.5. The molecule has 134 valence electrons. The Labute approximate surface area is 149 Å². The van der Waals surface area contributed by atoms with Gasteiger partial charge in [0, 0.05) is 24.2 Å². The molecule has 0 aliphatic carbocycles. The number of amides is 1. The van der Waals surface area contributed by atoms with E-state index in [0.717, 1.165) is 16.9 Å². The van der Waals surface area contributed by atoms with Crippen LogP contribution >= 0.6 is 0 Å². The van der Waals surface area contributed by atoms with Crippen LogP contribution in [0.5, 0.6) is 17.2 Å². The summed E-state index contributed by atoms with van der Waals surface area (Å²) >= 11 is 0. The van der Waals surface area contributed by atoms with Crippen molar-refractivity contribution < 1.29 is 19.0 Å². The lowest BCUT2D eigenvalue weighted by atomic mass is 10.1. The molecule has 2 rings (SSSR count). The smallest absolute Gasteiger partial charge is 0.254 e. The monoisotopic (exact) mass is 343 g/mol. The van der Waals surface area contributed by atoms with E-state index in [9.17, 15) is 4.79 Å². The lowest BCUT2D eigenvalue weighted by molar-refractivity contribution is 0.0752. The van der Waals surface area contributed by atoms with E-state index >= 15 is 0 Å². The van der Waals surface area contributed by atoms with E-state index in [1.165, 1.54) is 0 Å². The summed E-state index contributed by atoms with van der Waals surface area (Å²) in [5, 5.41) is 0. The van der Waals surface area contributed by atoms with Crippen LogP contribution in [0.1, 0.15) is 28.4 Å². The van der Waals surface area contributed by atoms with E-state index in [4.69, 9.17) is 14.2 Å². The van der Waals surface area contributed by atoms with Gasteiger partial charge in [-0.05, 0) is 43.7 Å². The number of ether oxygens (including phenoxy) is 3. The molecule has 0 aliphatic rings. The Morgan fingerprint density at radius 1 is 0.960 bits per heavy atom. The molecular weight excluding hydrogens is 318 g/mol. The van der Waals surface area contributed by atoms with Crippen molar-refractivity contribution in [2.24, 2.45) is 0 Å². The van der Waals surface area contributed by atoms with Crippen LogP contribution in [-0.2, 0) is 6.54 Å². The highest BCUT2D eigenvalue weighted by molar-refractivity contribution is 5.95. The molecule has 0 saturated carbocycles. The Morgan fingerprint density at radius 3 is 1.96 bits per heavy atom.